The van der Waals surface area contributed by atoms with Crippen molar-refractivity contribution in [1.82, 2.24) is 4.98 Å². The number of nitrogens with two attached hydrogens (primary N) is 1. The molecule has 0 atom stereocenters. The third-order valence-electron chi connectivity index (χ3n) is 3.42. The fourth-order valence-electron chi connectivity index (χ4n) is 2.01. The van der Waals surface area contributed by atoms with Crippen molar-refractivity contribution in [1.29, 1.82) is 0 Å². The third kappa shape index (κ3) is 2.55. The van der Waals surface area contributed by atoms with Crippen molar-refractivity contribution in [2.24, 2.45) is 5.92 Å². The topological polar surface area (TPSA) is 48.1 Å². The number of aromatic nitrogens is 1. The summed E-state index contributed by atoms with van der Waals surface area (Å²) in [4.78, 5) is 4.28. The highest BCUT2D eigenvalue weighted by Crippen LogP contribution is 2.29. The molecule has 0 amide bonds. The van der Waals surface area contributed by atoms with Gasteiger partial charge in [-0.3, -0.25) is 4.98 Å². The lowest BCUT2D eigenvalue weighted by molar-refractivity contribution is 0.242. The lowest BCUT2D eigenvalue weighted by Gasteiger charge is -2.15. The van der Waals surface area contributed by atoms with Crippen molar-refractivity contribution in [3.8, 4) is 5.75 Å². The molecule has 2 rings (SSSR count). The van der Waals surface area contributed by atoms with E-state index in [0.717, 1.165) is 36.1 Å². The normalized spacial score (nSPS) is 11.1. The van der Waals surface area contributed by atoms with E-state index in [1.165, 1.54) is 0 Å². The van der Waals surface area contributed by atoms with Gasteiger partial charge in [0.2, 0.25) is 0 Å². The van der Waals surface area contributed by atoms with Gasteiger partial charge in [0, 0.05) is 11.6 Å². The summed E-state index contributed by atoms with van der Waals surface area (Å²) in [6, 6.07) is 7.73. The number of hydrogen-bond acceptors (Lipinski definition) is 3. The van der Waals surface area contributed by atoms with Crippen molar-refractivity contribution in [2.45, 2.75) is 26.7 Å². The van der Waals surface area contributed by atoms with Crippen LogP contribution in [-0.4, -0.2) is 11.6 Å². The van der Waals surface area contributed by atoms with Crippen LogP contribution in [0, 0.1) is 5.92 Å². The Bertz CT molecular complexity index is 521. The Hall–Kier alpha value is -1.77. The van der Waals surface area contributed by atoms with Crippen LogP contribution in [-0.2, 0) is 0 Å². The number of nitrogen functional groups attached to an aromatic ring is 1. The fourth-order valence-corrected chi connectivity index (χ4v) is 2.01. The van der Waals surface area contributed by atoms with Crippen molar-refractivity contribution in [3.63, 3.8) is 0 Å². The molecular weight excluding hydrogens is 224 g/mol. The van der Waals surface area contributed by atoms with Crippen LogP contribution in [0.4, 0.5) is 5.69 Å². The van der Waals surface area contributed by atoms with E-state index in [0.29, 0.717) is 11.6 Å². The predicted octanol–water partition coefficient (Wildman–Crippen LogP) is 3.63. The zero-order valence-corrected chi connectivity index (χ0v) is 11.0. The molecule has 2 aromatic rings. The summed E-state index contributed by atoms with van der Waals surface area (Å²) in [7, 11) is 0. The number of nitrogens with zero attached hydrogens (tertiary/aromatic N) is 1. The maximum absolute atomic E-state index is 6.12. The number of pyridine rings is 1. The lowest BCUT2D eigenvalue weighted by Crippen LogP contribution is -2.11. The van der Waals surface area contributed by atoms with Gasteiger partial charge in [-0.2, -0.15) is 0 Å². The van der Waals surface area contributed by atoms with Gasteiger partial charge in [-0.1, -0.05) is 26.7 Å². The predicted molar refractivity (Wildman–Crippen MR) is 75.7 cm³/mol. The van der Waals surface area contributed by atoms with Gasteiger partial charge in [0.1, 0.15) is 5.75 Å². The number of hydrogen-bond donors (Lipinski definition) is 1. The number of rotatable bonds is 5. The highest BCUT2D eigenvalue weighted by molar-refractivity contribution is 5.93. The van der Waals surface area contributed by atoms with E-state index in [9.17, 15) is 0 Å². The Balaban J connectivity index is 2.21. The maximum atomic E-state index is 6.12. The van der Waals surface area contributed by atoms with E-state index < -0.39 is 0 Å². The van der Waals surface area contributed by atoms with Gasteiger partial charge in [-0.25, -0.2) is 0 Å². The molecule has 1 heterocycles. The molecule has 0 saturated heterocycles. The molecule has 0 radical (unpaired) electrons. The van der Waals surface area contributed by atoms with Gasteiger partial charge in [0.25, 0.3) is 0 Å². The zero-order valence-electron chi connectivity index (χ0n) is 11.0. The van der Waals surface area contributed by atoms with Crippen LogP contribution in [0.5, 0.6) is 5.75 Å². The molecule has 0 fully saturated rings. The van der Waals surface area contributed by atoms with Crippen LogP contribution < -0.4 is 10.5 Å². The van der Waals surface area contributed by atoms with Gasteiger partial charge >= 0.3 is 0 Å². The first-order chi connectivity index (χ1) is 8.76. The number of fused-ring (bicyclic) bond motifs is 1. The Morgan fingerprint density at radius 3 is 2.72 bits per heavy atom. The van der Waals surface area contributed by atoms with Gasteiger partial charge in [-0.05, 0) is 30.2 Å². The summed E-state index contributed by atoms with van der Waals surface area (Å²) in [5.74, 6) is 1.36. The Morgan fingerprint density at radius 1 is 1.22 bits per heavy atom. The Morgan fingerprint density at radius 2 is 2.00 bits per heavy atom. The van der Waals surface area contributed by atoms with Crippen LogP contribution in [0.2, 0.25) is 0 Å². The Labute approximate surface area is 108 Å². The molecule has 18 heavy (non-hydrogen) atoms. The van der Waals surface area contributed by atoms with E-state index in [1.807, 2.05) is 24.3 Å². The van der Waals surface area contributed by atoms with Crippen molar-refractivity contribution >= 4 is 16.6 Å². The minimum atomic E-state index is 0.592. The molecule has 0 saturated carbocycles. The summed E-state index contributed by atoms with van der Waals surface area (Å²) in [5.41, 5.74) is 7.72. The highest BCUT2D eigenvalue weighted by Gasteiger charge is 2.09. The van der Waals surface area contributed by atoms with E-state index in [1.54, 1.807) is 6.20 Å². The zero-order chi connectivity index (χ0) is 13.0. The molecule has 96 valence electrons. The van der Waals surface area contributed by atoms with Crippen LogP contribution >= 0.6 is 0 Å². The summed E-state index contributed by atoms with van der Waals surface area (Å²) in [6.45, 7) is 5.10. The first kappa shape index (κ1) is 12.7. The van der Waals surface area contributed by atoms with E-state index >= 15 is 0 Å². The summed E-state index contributed by atoms with van der Waals surface area (Å²) in [5, 5.41) is 0.958. The molecule has 0 bridgehead atoms. The molecule has 3 heteroatoms. The largest absolute Gasteiger partial charge is 0.491 e. The molecule has 0 aliphatic carbocycles. The van der Waals surface area contributed by atoms with Crippen LogP contribution in [0.1, 0.15) is 26.7 Å². The molecule has 1 aromatic carbocycles. The van der Waals surface area contributed by atoms with Crippen LogP contribution in [0.25, 0.3) is 10.9 Å². The second-order valence-electron chi connectivity index (χ2n) is 4.54. The first-order valence-corrected chi connectivity index (χ1v) is 6.52. The summed E-state index contributed by atoms with van der Waals surface area (Å²) >= 11 is 0. The highest BCUT2D eigenvalue weighted by atomic mass is 16.5. The minimum Gasteiger partial charge on any atom is -0.491 e. The minimum absolute atomic E-state index is 0.592. The number of anilines is 1. The van der Waals surface area contributed by atoms with Gasteiger partial charge < -0.3 is 10.5 Å². The molecule has 1 aromatic heterocycles. The second-order valence-corrected chi connectivity index (χ2v) is 4.54. The van der Waals surface area contributed by atoms with Gasteiger partial charge in [0.05, 0.1) is 17.8 Å². The molecule has 0 unspecified atom stereocenters. The van der Waals surface area contributed by atoms with Gasteiger partial charge in [0.15, 0.2) is 0 Å². The second kappa shape index (κ2) is 5.71. The average molecular weight is 244 g/mol. The molecule has 2 N–H and O–H groups in total. The van der Waals surface area contributed by atoms with Crippen LogP contribution in [0.3, 0.4) is 0 Å². The van der Waals surface area contributed by atoms with Crippen molar-refractivity contribution in [2.75, 3.05) is 12.3 Å². The van der Waals surface area contributed by atoms with Gasteiger partial charge in [-0.15, -0.1) is 0 Å². The van der Waals surface area contributed by atoms with Crippen molar-refractivity contribution in [3.05, 3.63) is 30.5 Å². The SMILES string of the molecule is CCC(CC)COc1ccc2ncccc2c1N. The average Bonchev–Trinajstić information content (AvgIpc) is 2.42. The van der Waals surface area contributed by atoms with Crippen molar-refractivity contribution < 1.29 is 4.74 Å². The summed E-state index contributed by atoms with van der Waals surface area (Å²) < 4.78 is 5.84. The van der Waals surface area contributed by atoms with E-state index in [-0.39, 0.29) is 0 Å². The third-order valence-corrected chi connectivity index (χ3v) is 3.42. The fraction of sp³-hybridized carbons (Fsp3) is 0.400. The molecule has 0 spiro atoms. The quantitative estimate of drug-likeness (QED) is 0.817. The molecular formula is C15H20N2O. The monoisotopic (exact) mass is 244 g/mol. The van der Waals surface area contributed by atoms with E-state index in [2.05, 4.69) is 18.8 Å². The smallest absolute Gasteiger partial charge is 0.142 e. The lowest BCUT2D eigenvalue weighted by atomic mass is 10.1. The molecule has 0 aliphatic rings. The number of benzene rings is 1. The first-order valence-electron chi connectivity index (χ1n) is 6.52. The molecule has 3 nitrogen and oxygen atoms in total. The van der Waals surface area contributed by atoms with E-state index in [4.69, 9.17) is 10.5 Å². The van der Waals surface area contributed by atoms with Crippen LogP contribution in [0.15, 0.2) is 30.5 Å². The molecule has 0 aliphatic heterocycles. The summed E-state index contributed by atoms with van der Waals surface area (Å²) in [6.07, 6.45) is 4.03. The standard InChI is InChI=1S/C15H20N2O/c1-3-11(4-2)10-18-14-8-7-13-12(15(14)16)6-5-9-17-13/h5-9,11H,3-4,10,16H2,1-2H3. The Kier molecular flexibility index (Phi) is 4.03. The number of ether oxygens (including phenoxy) is 1. The maximum Gasteiger partial charge on any atom is 0.142 e.